The summed E-state index contributed by atoms with van der Waals surface area (Å²) in [6, 6.07) is 9.30. The maximum Gasteiger partial charge on any atom is 0.317 e. The molecular weight excluding hydrogens is 347 g/mol. The lowest BCUT2D eigenvalue weighted by atomic mass is 10.2. The Morgan fingerprint density at radius 3 is 2.81 bits per heavy atom. The normalized spacial score (nSPS) is 14.1. The first-order chi connectivity index (χ1) is 13.2. The third kappa shape index (κ3) is 5.09. The lowest BCUT2D eigenvalue weighted by Crippen LogP contribution is -2.51. The van der Waals surface area contributed by atoms with E-state index in [1.54, 1.807) is 17.2 Å². The molecule has 2 aromatic rings. The number of halogens is 1. The Morgan fingerprint density at radius 1 is 1.26 bits per heavy atom. The molecule has 0 aliphatic carbocycles. The molecule has 144 valence electrons. The summed E-state index contributed by atoms with van der Waals surface area (Å²) < 4.78 is 19.5. The number of pyridine rings is 1. The quantitative estimate of drug-likeness (QED) is 0.847. The van der Waals surface area contributed by atoms with E-state index in [0.717, 1.165) is 17.7 Å². The zero-order chi connectivity index (χ0) is 19.1. The van der Waals surface area contributed by atoms with Gasteiger partial charge in [0, 0.05) is 38.9 Å². The smallest absolute Gasteiger partial charge is 0.317 e. The second kappa shape index (κ2) is 9.21. The number of amides is 2. The number of urea groups is 1. The summed E-state index contributed by atoms with van der Waals surface area (Å²) in [7, 11) is 0. The number of carbonyl (C=O) groups is 1. The molecule has 1 saturated heterocycles. The molecule has 3 rings (SSSR count). The molecule has 0 spiro atoms. The number of nitrogens with one attached hydrogen (secondary N) is 1. The Hall–Kier alpha value is -2.83. The van der Waals surface area contributed by atoms with Crippen LogP contribution in [-0.4, -0.2) is 48.7 Å². The Bertz CT molecular complexity index is 763. The first-order valence-electron chi connectivity index (χ1n) is 9.26. The van der Waals surface area contributed by atoms with E-state index in [0.29, 0.717) is 45.0 Å². The lowest BCUT2D eigenvalue weighted by molar-refractivity contribution is 0.194. The molecule has 0 saturated carbocycles. The Kier molecular flexibility index (Phi) is 6.46. The predicted octanol–water partition coefficient (Wildman–Crippen LogP) is 3.04. The molecule has 0 atom stereocenters. The van der Waals surface area contributed by atoms with Crippen molar-refractivity contribution < 1.29 is 13.9 Å². The molecule has 2 amide bonds. The predicted molar refractivity (Wildman–Crippen MR) is 102 cm³/mol. The number of hydrogen-bond acceptors (Lipinski definition) is 4. The number of anilines is 1. The van der Waals surface area contributed by atoms with Gasteiger partial charge in [-0.3, -0.25) is 4.98 Å². The number of carbonyl (C=O) groups excluding carboxylic acids is 1. The van der Waals surface area contributed by atoms with Crippen molar-refractivity contribution in [1.82, 2.24) is 15.2 Å². The van der Waals surface area contributed by atoms with Crippen molar-refractivity contribution in [3.63, 3.8) is 0 Å². The minimum atomic E-state index is -0.333. The number of ether oxygens (including phenoxy) is 1. The zero-order valence-electron chi connectivity index (χ0n) is 15.5. The van der Waals surface area contributed by atoms with Gasteiger partial charge in [0.25, 0.3) is 0 Å². The van der Waals surface area contributed by atoms with Crippen LogP contribution in [0.1, 0.15) is 18.9 Å². The van der Waals surface area contributed by atoms with Crippen molar-refractivity contribution >= 4 is 11.7 Å². The van der Waals surface area contributed by atoms with Gasteiger partial charge in [0.2, 0.25) is 0 Å². The van der Waals surface area contributed by atoms with Gasteiger partial charge in [-0.25, -0.2) is 9.18 Å². The fourth-order valence-electron chi connectivity index (χ4n) is 3.03. The molecule has 1 aliphatic rings. The van der Waals surface area contributed by atoms with Crippen LogP contribution in [0.2, 0.25) is 0 Å². The highest BCUT2D eigenvalue weighted by molar-refractivity contribution is 5.74. The fourth-order valence-corrected chi connectivity index (χ4v) is 3.03. The average Bonchev–Trinajstić information content (AvgIpc) is 2.71. The van der Waals surface area contributed by atoms with Gasteiger partial charge in [-0.1, -0.05) is 19.1 Å². The number of hydrogen-bond donors (Lipinski definition) is 1. The highest BCUT2D eigenvalue weighted by atomic mass is 19.1. The van der Waals surface area contributed by atoms with Gasteiger partial charge in [-0.15, -0.1) is 0 Å². The molecule has 0 unspecified atom stereocenters. The first kappa shape index (κ1) is 18.9. The molecule has 1 aliphatic heterocycles. The molecule has 0 bridgehead atoms. The van der Waals surface area contributed by atoms with Crippen molar-refractivity contribution in [2.75, 3.05) is 37.7 Å². The van der Waals surface area contributed by atoms with E-state index in [2.05, 4.69) is 17.2 Å². The van der Waals surface area contributed by atoms with Crippen molar-refractivity contribution in [2.45, 2.75) is 19.9 Å². The van der Waals surface area contributed by atoms with Gasteiger partial charge >= 0.3 is 6.03 Å². The summed E-state index contributed by atoms with van der Waals surface area (Å²) in [6.45, 7) is 5.47. The van der Waals surface area contributed by atoms with E-state index in [4.69, 9.17) is 4.74 Å². The van der Waals surface area contributed by atoms with E-state index >= 15 is 0 Å². The maximum atomic E-state index is 13.8. The number of rotatable bonds is 6. The molecule has 1 aromatic carbocycles. The Labute approximate surface area is 158 Å². The van der Waals surface area contributed by atoms with Crippen LogP contribution in [-0.2, 0) is 6.54 Å². The minimum absolute atomic E-state index is 0.107. The van der Waals surface area contributed by atoms with Gasteiger partial charge in [0.1, 0.15) is 5.75 Å². The molecule has 2 heterocycles. The average molecular weight is 372 g/mol. The number of aromatic nitrogens is 1. The lowest BCUT2D eigenvalue weighted by Gasteiger charge is -2.36. The van der Waals surface area contributed by atoms with Gasteiger partial charge in [-0.05, 0) is 30.2 Å². The summed E-state index contributed by atoms with van der Waals surface area (Å²) >= 11 is 0. The van der Waals surface area contributed by atoms with Crippen molar-refractivity contribution in [2.24, 2.45) is 0 Å². The minimum Gasteiger partial charge on any atom is -0.494 e. The zero-order valence-corrected chi connectivity index (χ0v) is 15.5. The molecule has 6 nitrogen and oxygen atoms in total. The van der Waals surface area contributed by atoms with E-state index in [-0.39, 0.29) is 11.8 Å². The van der Waals surface area contributed by atoms with Gasteiger partial charge in [0.05, 0.1) is 18.5 Å². The first-order valence-corrected chi connectivity index (χ1v) is 9.26. The van der Waals surface area contributed by atoms with Crippen LogP contribution in [0.15, 0.2) is 42.7 Å². The largest absolute Gasteiger partial charge is 0.494 e. The summed E-state index contributed by atoms with van der Waals surface area (Å²) in [5, 5.41) is 2.95. The topological polar surface area (TPSA) is 57.7 Å². The molecule has 0 radical (unpaired) electrons. The number of nitrogens with zero attached hydrogens (tertiary/aromatic N) is 3. The second-order valence-corrected chi connectivity index (χ2v) is 6.46. The van der Waals surface area contributed by atoms with Crippen LogP contribution in [0.3, 0.4) is 0 Å². The van der Waals surface area contributed by atoms with E-state index in [1.807, 2.05) is 29.2 Å². The number of benzene rings is 1. The summed E-state index contributed by atoms with van der Waals surface area (Å²) in [6.07, 6.45) is 3.75. The summed E-state index contributed by atoms with van der Waals surface area (Å²) in [4.78, 5) is 19.9. The van der Waals surface area contributed by atoms with Gasteiger partial charge in [0.15, 0.2) is 5.82 Å². The van der Waals surface area contributed by atoms with Crippen LogP contribution in [0, 0.1) is 5.82 Å². The van der Waals surface area contributed by atoms with Crippen molar-refractivity contribution in [3.8, 4) is 5.75 Å². The van der Waals surface area contributed by atoms with E-state index < -0.39 is 0 Å². The van der Waals surface area contributed by atoms with Crippen molar-refractivity contribution in [1.29, 1.82) is 0 Å². The Balaban J connectivity index is 1.48. The Morgan fingerprint density at radius 2 is 2.07 bits per heavy atom. The number of piperazine rings is 1. The fraction of sp³-hybridized carbons (Fsp3) is 0.400. The van der Waals surface area contributed by atoms with Crippen LogP contribution in [0.5, 0.6) is 5.75 Å². The van der Waals surface area contributed by atoms with Crippen LogP contribution in [0.25, 0.3) is 0 Å². The van der Waals surface area contributed by atoms with Crippen molar-refractivity contribution in [3.05, 3.63) is 54.1 Å². The van der Waals surface area contributed by atoms with E-state index in [1.165, 1.54) is 6.20 Å². The molecule has 1 aromatic heterocycles. The molecule has 7 heteroatoms. The third-order valence-electron chi connectivity index (χ3n) is 4.47. The van der Waals surface area contributed by atoms with Gasteiger partial charge < -0.3 is 19.9 Å². The second-order valence-electron chi connectivity index (χ2n) is 6.46. The summed E-state index contributed by atoms with van der Waals surface area (Å²) in [5.41, 5.74) is 1.53. The monoisotopic (exact) mass is 372 g/mol. The highest BCUT2D eigenvalue weighted by Gasteiger charge is 2.22. The third-order valence-corrected chi connectivity index (χ3v) is 4.47. The van der Waals surface area contributed by atoms with Gasteiger partial charge in [-0.2, -0.15) is 0 Å². The van der Waals surface area contributed by atoms with E-state index in [9.17, 15) is 9.18 Å². The maximum absolute atomic E-state index is 13.8. The molecule has 27 heavy (non-hydrogen) atoms. The van der Waals surface area contributed by atoms with Crippen LogP contribution in [0.4, 0.5) is 14.9 Å². The summed E-state index contributed by atoms with van der Waals surface area (Å²) in [5.74, 6) is 0.483. The van der Waals surface area contributed by atoms with Crippen LogP contribution < -0.4 is 15.0 Å². The molecule has 1 N–H and O–H groups in total. The molecular formula is C20H25FN4O2. The molecule has 1 fully saturated rings. The van der Waals surface area contributed by atoms with Crippen LogP contribution >= 0.6 is 0 Å². The SMILES string of the molecule is CCCOc1cccc(CNC(=O)N2CCN(c3ccncc3F)CC2)c1. The highest BCUT2D eigenvalue weighted by Crippen LogP contribution is 2.19. The standard InChI is InChI=1S/C20H25FN4O2/c1-2-12-27-17-5-3-4-16(13-17)14-23-20(26)25-10-8-24(9-11-25)19-6-7-22-15-18(19)21/h3-7,13,15H,2,8-12,14H2,1H3,(H,23,26).